The number of halogens is 1. The maximum Gasteiger partial charge on any atom is 0.242 e. The smallest absolute Gasteiger partial charge is 0.242 e. The Morgan fingerprint density at radius 3 is 2.28 bits per heavy atom. The molecule has 1 unspecified atom stereocenters. The normalized spacial score (nSPS) is 11.6. The van der Waals surface area contributed by atoms with Crippen LogP contribution in [0.15, 0.2) is 83.8 Å². The number of carbonyl (C=O) groups is 2. The van der Waals surface area contributed by atoms with Crippen LogP contribution in [0.2, 0.25) is 5.02 Å². The summed E-state index contributed by atoms with van der Waals surface area (Å²) in [6.45, 7) is 2.29. The van der Waals surface area contributed by atoms with Crippen molar-refractivity contribution in [2.45, 2.75) is 30.8 Å². The van der Waals surface area contributed by atoms with Gasteiger partial charge in [0, 0.05) is 29.9 Å². The van der Waals surface area contributed by atoms with Crippen molar-refractivity contribution in [2.24, 2.45) is 0 Å². The van der Waals surface area contributed by atoms with Gasteiger partial charge in [0.15, 0.2) is 0 Å². The second-order valence-electron chi connectivity index (χ2n) is 7.53. The van der Waals surface area contributed by atoms with Gasteiger partial charge in [-0.05, 0) is 36.2 Å². The monoisotopic (exact) mass is 466 g/mol. The van der Waals surface area contributed by atoms with Gasteiger partial charge in [0.2, 0.25) is 11.8 Å². The summed E-state index contributed by atoms with van der Waals surface area (Å²) in [6.07, 6.45) is 0.423. The molecule has 3 aromatic carbocycles. The first-order chi connectivity index (χ1) is 15.5. The van der Waals surface area contributed by atoms with Crippen LogP contribution in [0.4, 0.5) is 0 Å². The molecule has 3 aromatic rings. The van der Waals surface area contributed by atoms with Crippen molar-refractivity contribution in [2.75, 3.05) is 12.8 Å². The highest BCUT2D eigenvalue weighted by atomic mass is 35.5. The topological polar surface area (TPSA) is 49.4 Å². The second-order valence-corrected chi connectivity index (χ2v) is 8.99. The van der Waals surface area contributed by atoms with E-state index >= 15 is 0 Å². The zero-order valence-corrected chi connectivity index (χ0v) is 19.8. The average Bonchev–Trinajstić information content (AvgIpc) is 2.82. The summed E-state index contributed by atoms with van der Waals surface area (Å²) in [4.78, 5) is 29.0. The van der Waals surface area contributed by atoms with Crippen molar-refractivity contribution in [3.8, 4) is 0 Å². The highest BCUT2D eigenvalue weighted by Crippen LogP contribution is 2.23. The number of thioether (sulfide) groups is 1. The number of amides is 2. The zero-order valence-electron chi connectivity index (χ0n) is 18.3. The summed E-state index contributed by atoms with van der Waals surface area (Å²) < 4.78 is 0. The summed E-state index contributed by atoms with van der Waals surface area (Å²) in [6, 6.07) is 24.6. The molecule has 0 bridgehead atoms. The molecule has 0 aliphatic carbocycles. The fraction of sp³-hybridized carbons (Fsp3) is 0.231. The van der Waals surface area contributed by atoms with Crippen LogP contribution >= 0.6 is 23.4 Å². The zero-order chi connectivity index (χ0) is 22.9. The Balaban J connectivity index is 1.87. The standard InChI is InChI=1S/C26H27ClN2O2S/c1-19-12-14-22(15-13-19)32-18-25(30)29(17-21-10-6-7-11-23(21)27)24(26(31)28-2)16-20-8-4-3-5-9-20/h3-15,24H,16-18H2,1-2H3,(H,28,31). The van der Waals surface area contributed by atoms with Crippen molar-refractivity contribution >= 4 is 35.2 Å². The van der Waals surface area contributed by atoms with Gasteiger partial charge in [0.25, 0.3) is 0 Å². The lowest BCUT2D eigenvalue weighted by Crippen LogP contribution is -2.50. The fourth-order valence-electron chi connectivity index (χ4n) is 3.39. The van der Waals surface area contributed by atoms with Crippen LogP contribution in [0.25, 0.3) is 0 Å². The molecule has 1 N–H and O–H groups in total. The van der Waals surface area contributed by atoms with Crippen LogP contribution in [-0.4, -0.2) is 35.6 Å². The van der Waals surface area contributed by atoms with E-state index in [0.717, 1.165) is 16.0 Å². The third kappa shape index (κ3) is 6.62. The molecular formula is C26H27ClN2O2S. The van der Waals surface area contributed by atoms with Gasteiger partial charge in [-0.15, -0.1) is 11.8 Å². The first kappa shape index (κ1) is 23.9. The molecule has 2 amide bonds. The molecule has 0 spiro atoms. The molecule has 4 nitrogen and oxygen atoms in total. The Hall–Kier alpha value is -2.76. The quantitative estimate of drug-likeness (QED) is 0.445. The largest absolute Gasteiger partial charge is 0.357 e. The molecule has 1 atom stereocenters. The number of benzene rings is 3. The van der Waals surface area contributed by atoms with Gasteiger partial charge in [0.05, 0.1) is 5.75 Å². The van der Waals surface area contributed by atoms with Gasteiger partial charge in [-0.1, -0.05) is 77.8 Å². The van der Waals surface area contributed by atoms with Gasteiger partial charge < -0.3 is 10.2 Å². The number of hydrogen-bond donors (Lipinski definition) is 1. The number of nitrogens with one attached hydrogen (secondary N) is 1. The van der Waals surface area contributed by atoms with Crippen LogP contribution in [-0.2, 0) is 22.6 Å². The SMILES string of the molecule is CNC(=O)C(Cc1ccccc1)N(Cc1ccccc1Cl)C(=O)CSc1ccc(C)cc1. The molecule has 0 heterocycles. The lowest BCUT2D eigenvalue weighted by atomic mass is 10.0. The van der Waals surface area contributed by atoms with Gasteiger partial charge in [0.1, 0.15) is 6.04 Å². The third-order valence-corrected chi connectivity index (χ3v) is 6.56. The Morgan fingerprint density at radius 1 is 0.969 bits per heavy atom. The van der Waals surface area contributed by atoms with Crippen LogP contribution in [0.3, 0.4) is 0 Å². The molecule has 3 rings (SSSR count). The highest BCUT2D eigenvalue weighted by molar-refractivity contribution is 8.00. The molecule has 0 aromatic heterocycles. The van der Waals surface area contributed by atoms with E-state index in [1.165, 1.54) is 17.3 Å². The van der Waals surface area contributed by atoms with Crippen molar-refractivity contribution in [3.05, 3.63) is 101 Å². The number of carbonyl (C=O) groups excluding carboxylic acids is 2. The average molecular weight is 467 g/mol. The lowest BCUT2D eigenvalue weighted by Gasteiger charge is -2.31. The molecule has 0 aliphatic rings. The third-order valence-electron chi connectivity index (χ3n) is 5.20. The number of hydrogen-bond acceptors (Lipinski definition) is 3. The van der Waals surface area contributed by atoms with Crippen molar-refractivity contribution < 1.29 is 9.59 Å². The molecule has 0 aliphatic heterocycles. The Kier molecular flexibility index (Phi) is 8.77. The summed E-state index contributed by atoms with van der Waals surface area (Å²) in [7, 11) is 1.60. The van der Waals surface area contributed by atoms with Crippen LogP contribution < -0.4 is 5.32 Å². The maximum absolute atomic E-state index is 13.4. The van der Waals surface area contributed by atoms with Crippen LogP contribution in [0.5, 0.6) is 0 Å². The number of likely N-dealkylation sites (N-methyl/N-ethyl adjacent to an activating group) is 1. The van der Waals surface area contributed by atoms with Gasteiger partial charge >= 0.3 is 0 Å². The number of aryl methyl sites for hydroxylation is 1. The van der Waals surface area contributed by atoms with Crippen molar-refractivity contribution in [1.82, 2.24) is 10.2 Å². The van der Waals surface area contributed by atoms with E-state index in [4.69, 9.17) is 11.6 Å². The molecular weight excluding hydrogens is 440 g/mol. The molecule has 166 valence electrons. The molecule has 6 heteroatoms. The van der Waals surface area contributed by atoms with Crippen molar-refractivity contribution in [1.29, 1.82) is 0 Å². The maximum atomic E-state index is 13.4. The highest BCUT2D eigenvalue weighted by Gasteiger charge is 2.30. The van der Waals surface area contributed by atoms with Crippen LogP contribution in [0.1, 0.15) is 16.7 Å². The van der Waals surface area contributed by atoms with E-state index in [1.807, 2.05) is 79.7 Å². The summed E-state index contributed by atoms with van der Waals surface area (Å²) in [5.41, 5.74) is 2.97. The van der Waals surface area contributed by atoms with E-state index in [-0.39, 0.29) is 24.1 Å². The van der Waals surface area contributed by atoms with E-state index in [0.29, 0.717) is 11.4 Å². The first-order valence-corrected chi connectivity index (χ1v) is 11.8. The Bertz CT molecular complexity index is 1040. The molecule has 0 fully saturated rings. The molecule has 0 saturated carbocycles. The molecule has 0 saturated heterocycles. The van der Waals surface area contributed by atoms with Gasteiger partial charge in [-0.3, -0.25) is 9.59 Å². The minimum Gasteiger partial charge on any atom is -0.357 e. The van der Waals surface area contributed by atoms with E-state index in [2.05, 4.69) is 5.32 Å². The summed E-state index contributed by atoms with van der Waals surface area (Å²) in [5.74, 6) is -0.0786. The van der Waals surface area contributed by atoms with Crippen LogP contribution in [0, 0.1) is 6.92 Å². The molecule has 32 heavy (non-hydrogen) atoms. The number of rotatable bonds is 9. The van der Waals surface area contributed by atoms with E-state index in [1.54, 1.807) is 18.0 Å². The lowest BCUT2D eigenvalue weighted by molar-refractivity contribution is -0.139. The minimum atomic E-state index is -0.648. The predicted molar refractivity (Wildman–Crippen MR) is 132 cm³/mol. The predicted octanol–water partition coefficient (Wildman–Crippen LogP) is 5.13. The van der Waals surface area contributed by atoms with E-state index in [9.17, 15) is 9.59 Å². The second kappa shape index (κ2) is 11.7. The van der Waals surface area contributed by atoms with Crippen molar-refractivity contribution in [3.63, 3.8) is 0 Å². The number of nitrogens with zero attached hydrogens (tertiary/aromatic N) is 1. The van der Waals surface area contributed by atoms with Gasteiger partial charge in [-0.2, -0.15) is 0 Å². The first-order valence-electron chi connectivity index (χ1n) is 10.5. The minimum absolute atomic E-state index is 0.111. The summed E-state index contributed by atoms with van der Waals surface area (Å²) in [5, 5.41) is 3.30. The fourth-order valence-corrected chi connectivity index (χ4v) is 4.37. The van der Waals surface area contributed by atoms with Gasteiger partial charge in [-0.25, -0.2) is 0 Å². The Labute approximate surface area is 199 Å². The Morgan fingerprint density at radius 2 is 1.62 bits per heavy atom. The van der Waals surface area contributed by atoms with E-state index < -0.39 is 6.04 Å². The summed E-state index contributed by atoms with van der Waals surface area (Å²) >= 11 is 7.86. The molecule has 0 radical (unpaired) electrons.